The van der Waals surface area contributed by atoms with Crippen molar-refractivity contribution in [2.24, 2.45) is 0 Å². The highest BCUT2D eigenvalue weighted by molar-refractivity contribution is 5.23. The van der Waals surface area contributed by atoms with Crippen LogP contribution in [-0.4, -0.2) is 25.3 Å². The van der Waals surface area contributed by atoms with Gasteiger partial charge in [0, 0.05) is 19.2 Å². The molecule has 0 aromatic heterocycles. The molecular weight excluding hydrogens is 246 g/mol. The molecule has 0 aliphatic heterocycles. The average molecular weight is 275 g/mol. The fraction of sp³-hybridized carbons (Fsp3) is 0.667. The van der Waals surface area contributed by atoms with Gasteiger partial charge in [-0.3, -0.25) is 0 Å². The molecule has 1 aliphatic carbocycles. The summed E-state index contributed by atoms with van der Waals surface area (Å²) in [6.45, 7) is 6.97. The number of hydrogen-bond acceptors (Lipinski definition) is 2. The van der Waals surface area contributed by atoms with Crippen LogP contribution in [0.15, 0.2) is 30.3 Å². The van der Waals surface area contributed by atoms with Gasteiger partial charge in [0.15, 0.2) is 0 Å². The summed E-state index contributed by atoms with van der Waals surface area (Å²) in [5, 5.41) is 3.78. The van der Waals surface area contributed by atoms with Crippen molar-refractivity contribution >= 4 is 0 Å². The third-order valence-electron chi connectivity index (χ3n) is 4.63. The van der Waals surface area contributed by atoms with Crippen molar-refractivity contribution in [2.75, 3.05) is 7.11 Å². The second kappa shape index (κ2) is 6.73. The van der Waals surface area contributed by atoms with E-state index in [0.29, 0.717) is 18.2 Å². The third-order valence-corrected chi connectivity index (χ3v) is 4.63. The van der Waals surface area contributed by atoms with Crippen molar-refractivity contribution in [1.82, 2.24) is 5.32 Å². The largest absolute Gasteiger partial charge is 0.380 e. The van der Waals surface area contributed by atoms with Crippen LogP contribution in [0.25, 0.3) is 0 Å². The first kappa shape index (κ1) is 15.5. The highest BCUT2D eigenvalue weighted by atomic mass is 16.5. The number of ether oxygens (including phenoxy) is 1. The maximum Gasteiger partial charge on any atom is 0.0724 e. The molecule has 1 aromatic carbocycles. The summed E-state index contributed by atoms with van der Waals surface area (Å²) >= 11 is 0. The molecule has 1 aromatic rings. The molecule has 0 spiro atoms. The second-order valence-electron chi connectivity index (χ2n) is 6.83. The molecule has 112 valence electrons. The molecule has 0 amide bonds. The van der Waals surface area contributed by atoms with Crippen molar-refractivity contribution in [2.45, 2.75) is 70.1 Å². The monoisotopic (exact) mass is 275 g/mol. The maximum atomic E-state index is 5.58. The van der Waals surface area contributed by atoms with Gasteiger partial charge in [-0.15, -0.1) is 0 Å². The van der Waals surface area contributed by atoms with Crippen LogP contribution >= 0.6 is 0 Å². The van der Waals surface area contributed by atoms with Crippen molar-refractivity contribution in [3.63, 3.8) is 0 Å². The number of benzene rings is 1. The lowest BCUT2D eigenvalue weighted by molar-refractivity contribution is 0.0806. The summed E-state index contributed by atoms with van der Waals surface area (Å²) in [4.78, 5) is 0. The van der Waals surface area contributed by atoms with Gasteiger partial charge in [0.2, 0.25) is 0 Å². The summed E-state index contributed by atoms with van der Waals surface area (Å²) in [5.74, 6) is 0. The van der Waals surface area contributed by atoms with Crippen molar-refractivity contribution in [1.29, 1.82) is 0 Å². The zero-order valence-electron chi connectivity index (χ0n) is 13.4. The minimum atomic E-state index is 0.203. The summed E-state index contributed by atoms with van der Waals surface area (Å²) in [7, 11) is 1.84. The predicted octanol–water partition coefficient (Wildman–Crippen LogP) is 3.90. The Morgan fingerprint density at radius 1 is 1.25 bits per heavy atom. The molecular formula is C18H29NO. The summed E-state index contributed by atoms with van der Waals surface area (Å²) < 4.78 is 5.58. The van der Waals surface area contributed by atoms with Gasteiger partial charge < -0.3 is 10.1 Å². The predicted molar refractivity (Wildman–Crippen MR) is 85.1 cm³/mol. The Hall–Kier alpha value is -0.860. The van der Waals surface area contributed by atoms with Gasteiger partial charge in [-0.25, -0.2) is 0 Å². The van der Waals surface area contributed by atoms with E-state index in [9.17, 15) is 0 Å². The first-order chi connectivity index (χ1) is 9.53. The fourth-order valence-electron chi connectivity index (χ4n) is 3.60. The summed E-state index contributed by atoms with van der Waals surface area (Å²) in [6, 6.07) is 11.9. The van der Waals surface area contributed by atoms with E-state index in [0.717, 1.165) is 6.42 Å². The molecule has 3 atom stereocenters. The standard InChI is InChI=1S/C18H29NO/c1-14(19-16-11-8-12-17(16)20-4)13-18(2,3)15-9-6-5-7-10-15/h5-7,9-10,14,16-17,19H,8,11-13H2,1-4H3. The normalized spacial score (nSPS) is 24.8. The van der Waals surface area contributed by atoms with E-state index < -0.39 is 0 Å². The molecule has 0 heterocycles. The van der Waals surface area contributed by atoms with Crippen LogP contribution in [0.3, 0.4) is 0 Å². The van der Waals surface area contributed by atoms with E-state index in [-0.39, 0.29) is 5.41 Å². The first-order valence-corrected chi connectivity index (χ1v) is 7.87. The van der Waals surface area contributed by atoms with Gasteiger partial charge in [-0.1, -0.05) is 44.2 Å². The zero-order valence-corrected chi connectivity index (χ0v) is 13.4. The van der Waals surface area contributed by atoms with Crippen LogP contribution < -0.4 is 5.32 Å². The Balaban J connectivity index is 1.92. The Kier molecular flexibility index (Phi) is 5.22. The lowest BCUT2D eigenvalue weighted by atomic mass is 9.79. The van der Waals surface area contributed by atoms with E-state index in [4.69, 9.17) is 4.74 Å². The molecule has 1 N–H and O–H groups in total. The minimum absolute atomic E-state index is 0.203. The molecule has 2 heteroatoms. The van der Waals surface area contributed by atoms with E-state index in [1.54, 1.807) is 0 Å². The van der Waals surface area contributed by atoms with E-state index in [2.05, 4.69) is 56.4 Å². The summed E-state index contributed by atoms with van der Waals surface area (Å²) in [6.07, 6.45) is 5.27. The van der Waals surface area contributed by atoms with Crippen LogP contribution in [-0.2, 0) is 10.2 Å². The van der Waals surface area contributed by atoms with Crippen LogP contribution in [0.5, 0.6) is 0 Å². The van der Waals surface area contributed by atoms with Gasteiger partial charge in [0.1, 0.15) is 0 Å². The first-order valence-electron chi connectivity index (χ1n) is 7.87. The molecule has 2 nitrogen and oxygen atoms in total. The van der Waals surface area contributed by atoms with E-state index >= 15 is 0 Å². The number of methoxy groups -OCH3 is 1. The lowest BCUT2D eigenvalue weighted by Gasteiger charge is -2.32. The molecule has 1 fully saturated rings. The quantitative estimate of drug-likeness (QED) is 0.850. The highest BCUT2D eigenvalue weighted by Gasteiger charge is 2.30. The Morgan fingerprint density at radius 2 is 1.95 bits per heavy atom. The minimum Gasteiger partial charge on any atom is -0.380 e. The Morgan fingerprint density at radius 3 is 2.60 bits per heavy atom. The SMILES string of the molecule is COC1CCCC1NC(C)CC(C)(C)c1ccccc1. The highest BCUT2D eigenvalue weighted by Crippen LogP contribution is 2.29. The van der Waals surface area contributed by atoms with Gasteiger partial charge >= 0.3 is 0 Å². The van der Waals surface area contributed by atoms with Crippen molar-refractivity contribution < 1.29 is 4.74 Å². The topological polar surface area (TPSA) is 21.3 Å². The lowest BCUT2D eigenvalue weighted by Crippen LogP contribution is -2.44. The molecule has 0 bridgehead atoms. The fourth-order valence-corrected chi connectivity index (χ4v) is 3.60. The van der Waals surface area contributed by atoms with E-state index in [1.807, 2.05) is 7.11 Å². The number of rotatable bonds is 6. The smallest absolute Gasteiger partial charge is 0.0724 e. The Labute approximate surface area is 123 Å². The second-order valence-corrected chi connectivity index (χ2v) is 6.83. The van der Waals surface area contributed by atoms with Gasteiger partial charge in [0.05, 0.1) is 6.10 Å². The van der Waals surface area contributed by atoms with Gasteiger partial charge in [-0.2, -0.15) is 0 Å². The Bertz CT molecular complexity index is 401. The van der Waals surface area contributed by atoms with Crippen LogP contribution in [0.4, 0.5) is 0 Å². The molecule has 1 aliphatic rings. The molecule has 3 unspecified atom stereocenters. The van der Waals surface area contributed by atoms with Crippen molar-refractivity contribution in [3.8, 4) is 0 Å². The number of hydrogen-bond donors (Lipinski definition) is 1. The van der Waals surface area contributed by atoms with Gasteiger partial charge in [0.25, 0.3) is 0 Å². The van der Waals surface area contributed by atoms with Gasteiger partial charge in [-0.05, 0) is 43.6 Å². The third kappa shape index (κ3) is 3.83. The van der Waals surface area contributed by atoms with Crippen LogP contribution in [0.1, 0.15) is 52.0 Å². The number of nitrogens with one attached hydrogen (secondary N) is 1. The van der Waals surface area contributed by atoms with E-state index in [1.165, 1.54) is 24.8 Å². The van der Waals surface area contributed by atoms with Crippen molar-refractivity contribution in [3.05, 3.63) is 35.9 Å². The molecule has 1 saturated carbocycles. The zero-order chi connectivity index (χ0) is 14.6. The molecule has 2 rings (SSSR count). The molecule has 20 heavy (non-hydrogen) atoms. The van der Waals surface area contributed by atoms with Crippen LogP contribution in [0.2, 0.25) is 0 Å². The molecule has 0 radical (unpaired) electrons. The summed E-state index contributed by atoms with van der Waals surface area (Å²) in [5.41, 5.74) is 1.62. The van der Waals surface area contributed by atoms with Crippen LogP contribution in [0, 0.1) is 0 Å². The average Bonchev–Trinajstić information content (AvgIpc) is 2.86. The maximum absolute atomic E-state index is 5.58. The molecule has 0 saturated heterocycles.